The van der Waals surface area contributed by atoms with Crippen molar-refractivity contribution in [2.75, 3.05) is 0 Å². The minimum absolute atomic E-state index is 0.0233. The topological polar surface area (TPSA) is 38.7 Å². The van der Waals surface area contributed by atoms with Crippen LogP contribution in [-0.2, 0) is 8.85 Å². The maximum Gasteiger partial charge on any atom is 0.192 e. The Kier molecular flexibility index (Phi) is 10.7. The van der Waals surface area contributed by atoms with Gasteiger partial charge in [0.05, 0.1) is 18.3 Å². The van der Waals surface area contributed by atoms with E-state index < -0.39 is 16.6 Å². The third kappa shape index (κ3) is 7.86. The molecule has 0 aromatic carbocycles. The number of rotatable bonds is 9. The minimum Gasteiger partial charge on any atom is -0.413 e. The number of aliphatic hydroxyl groups is 1. The summed E-state index contributed by atoms with van der Waals surface area (Å²) in [5, 5.41) is 10.8. The summed E-state index contributed by atoms with van der Waals surface area (Å²) in [6, 6.07) is 0. The van der Waals surface area contributed by atoms with Crippen LogP contribution in [0, 0.1) is 29.1 Å². The zero-order chi connectivity index (χ0) is 32.9. The molecule has 0 amide bonds. The molecule has 0 saturated heterocycles. The number of hydrogen-bond donors (Lipinski definition) is 1. The Morgan fingerprint density at radius 1 is 0.909 bits per heavy atom. The average molecular weight is 641 g/mol. The van der Waals surface area contributed by atoms with E-state index in [1.165, 1.54) is 56.1 Å². The van der Waals surface area contributed by atoms with E-state index in [0.29, 0.717) is 29.1 Å². The molecular formula is C39H68O3Si2. The highest BCUT2D eigenvalue weighted by Crippen LogP contribution is 2.59. The lowest BCUT2D eigenvalue weighted by Crippen LogP contribution is -2.49. The lowest BCUT2D eigenvalue weighted by molar-refractivity contribution is 0.0969. The second-order valence-corrected chi connectivity index (χ2v) is 27.9. The standard InChI is InChI=1S/C39H68O3Si2/c1-27(16-23-35(40)30-18-19-30)33-21-22-34-29(15-14-24-39(33,34)9)17-20-31-25-32(41-43(10,11)37(3,4)5)26-36(28(31)2)42-44(12,13)38(6,7)8/h16-17,20,23,27,30,32-36,40H,2,14-15,18-19,21-22,24-26H2,1,3-13H3/b23-16?,29-17-,31-20-/t27-,32-,33-,34+,35+,36+,39-/m1/s1. The van der Waals surface area contributed by atoms with Gasteiger partial charge in [0.2, 0.25) is 0 Å². The highest BCUT2D eigenvalue weighted by Gasteiger charge is 2.50. The summed E-state index contributed by atoms with van der Waals surface area (Å²) in [4.78, 5) is 0. The van der Waals surface area contributed by atoms with Gasteiger partial charge in [0.25, 0.3) is 0 Å². The molecule has 0 radical (unpaired) electrons. The van der Waals surface area contributed by atoms with Crippen LogP contribution in [-0.4, -0.2) is 40.1 Å². The van der Waals surface area contributed by atoms with Gasteiger partial charge in [0, 0.05) is 6.42 Å². The van der Waals surface area contributed by atoms with Crippen LogP contribution in [0.5, 0.6) is 0 Å². The predicted octanol–water partition coefficient (Wildman–Crippen LogP) is 11.1. The summed E-state index contributed by atoms with van der Waals surface area (Å²) in [5.41, 5.74) is 4.49. The minimum atomic E-state index is -1.98. The molecule has 250 valence electrons. The van der Waals surface area contributed by atoms with Crippen LogP contribution in [0.2, 0.25) is 36.3 Å². The fourth-order valence-corrected chi connectivity index (χ4v) is 10.6. The molecule has 44 heavy (non-hydrogen) atoms. The molecule has 0 unspecified atom stereocenters. The van der Waals surface area contributed by atoms with Crippen molar-refractivity contribution in [3.05, 3.63) is 47.6 Å². The van der Waals surface area contributed by atoms with Gasteiger partial charge >= 0.3 is 0 Å². The molecule has 4 saturated carbocycles. The Labute approximate surface area is 274 Å². The van der Waals surface area contributed by atoms with Crippen molar-refractivity contribution in [1.29, 1.82) is 0 Å². The molecule has 0 aromatic rings. The smallest absolute Gasteiger partial charge is 0.192 e. The van der Waals surface area contributed by atoms with Gasteiger partial charge in [0.1, 0.15) is 0 Å². The molecule has 4 aliphatic rings. The van der Waals surface area contributed by atoms with Crippen LogP contribution < -0.4 is 0 Å². The van der Waals surface area contributed by atoms with E-state index in [2.05, 4.69) is 112 Å². The van der Waals surface area contributed by atoms with Gasteiger partial charge < -0.3 is 14.0 Å². The van der Waals surface area contributed by atoms with Gasteiger partial charge in [-0.05, 0) is 128 Å². The third-order valence-electron chi connectivity index (χ3n) is 13.1. The third-order valence-corrected chi connectivity index (χ3v) is 22.1. The molecule has 0 aliphatic heterocycles. The van der Waals surface area contributed by atoms with Gasteiger partial charge in [-0.3, -0.25) is 0 Å². The fourth-order valence-electron chi connectivity index (χ4n) is 7.93. The fraction of sp³-hybridized carbons (Fsp3) is 0.795. The first kappa shape index (κ1) is 36.1. The first-order chi connectivity index (χ1) is 20.2. The molecular weight excluding hydrogens is 573 g/mol. The Bertz CT molecular complexity index is 1130. The molecule has 3 nitrogen and oxygen atoms in total. The van der Waals surface area contributed by atoms with E-state index in [0.717, 1.165) is 12.8 Å². The van der Waals surface area contributed by atoms with Crippen LogP contribution in [0.15, 0.2) is 47.6 Å². The van der Waals surface area contributed by atoms with Crippen LogP contribution in [0.25, 0.3) is 0 Å². The van der Waals surface area contributed by atoms with Crippen molar-refractivity contribution in [3.63, 3.8) is 0 Å². The van der Waals surface area contributed by atoms with E-state index in [9.17, 15) is 5.11 Å². The highest BCUT2D eigenvalue weighted by molar-refractivity contribution is 6.74. The Hall–Kier alpha value is -0.726. The summed E-state index contributed by atoms with van der Waals surface area (Å²) >= 11 is 0. The van der Waals surface area contributed by atoms with Crippen molar-refractivity contribution in [3.8, 4) is 0 Å². The van der Waals surface area contributed by atoms with E-state index >= 15 is 0 Å². The van der Waals surface area contributed by atoms with Crippen molar-refractivity contribution < 1.29 is 14.0 Å². The Morgan fingerprint density at radius 3 is 2.11 bits per heavy atom. The van der Waals surface area contributed by atoms with E-state index in [1.807, 2.05) is 0 Å². The van der Waals surface area contributed by atoms with Crippen molar-refractivity contribution in [2.45, 2.75) is 168 Å². The SMILES string of the molecule is C=C1/C(=C\C=C2\CCC[C@]3(C)[C@@H]([C@H](C)C=C[C@H](O)C4CC4)CC[C@@H]23)C[C@@H](O[Si](C)(C)C(C)(C)C)C[C@@H]1O[Si](C)(C)C(C)(C)C. The van der Waals surface area contributed by atoms with Crippen LogP contribution in [0.1, 0.15) is 113 Å². The Balaban J connectivity index is 1.57. The zero-order valence-electron chi connectivity index (χ0n) is 30.7. The molecule has 1 N–H and O–H groups in total. The second kappa shape index (κ2) is 13.1. The lowest BCUT2D eigenvalue weighted by atomic mass is 9.61. The van der Waals surface area contributed by atoms with Gasteiger partial charge in [-0.2, -0.15) is 0 Å². The summed E-state index contributed by atoms with van der Waals surface area (Å²) in [6.45, 7) is 33.2. The average Bonchev–Trinajstić information content (AvgIpc) is 3.68. The molecule has 4 aliphatic carbocycles. The van der Waals surface area contributed by atoms with E-state index in [-0.39, 0.29) is 28.4 Å². The highest BCUT2D eigenvalue weighted by atomic mass is 28.4. The maximum absolute atomic E-state index is 10.5. The molecule has 7 atom stereocenters. The van der Waals surface area contributed by atoms with Gasteiger partial charge in [0.15, 0.2) is 16.6 Å². The largest absolute Gasteiger partial charge is 0.413 e. The van der Waals surface area contributed by atoms with Gasteiger partial charge in [-0.1, -0.05) is 91.8 Å². The predicted molar refractivity (Wildman–Crippen MR) is 194 cm³/mol. The number of aliphatic hydroxyl groups excluding tert-OH is 1. The van der Waals surface area contributed by atoms with Crippen molar-refractivity contribution in [2.24, 2.45) is 29.1 Å². The number of hydrogen-bond acceptors (Lipinski definition) is 3. The second-order valence-electron chi connectivity index (χ2n) is 18.4. The van der Waals surface area contributed by atoms with Crippen molar-refractivity contribution >= 4 is 16.6 Å². The number of fused-ring (bicyclic) bond motifs is 1. The summed E-state index contributed by atoms with van der Waals surface area (Å²) in [5.74, 6) is 2.35. The van der Waals surface area contributed by atoms with Gasteiger partial charge in [-0.15, -0.1) is 0 Å². The summed E-state index contributed by atoms with van der Waals surface area (Å²) in [7, 11) is -3.90. The van der Waals surface area contributed by atoms with Crippen LogP contribution in [0.4, 0.5) is 0 Å². The monoisotopic (exact) mass is 640 g/mol. The molecule has 0 aromatic heterocycles. The van der Waals surface area contributed by atoms with E-state index in [4.69, 9.17) is 8.85 Å². The molecule has 0 spiro atoms. The lowest BCUT2D eigenvalue weighted by Gasteiger charge is -2.45. The van der Waals surface area contributed by atoms with Crippen molar-refractivity contribution in [1.82, 2.24) is 0 Å². The molecule has 0 heterocycles. The maximum atomic E-state index is 10.5. The molecule has 4 rings (SSSR count). The normalized spacial score (nSPS) is 34.2. The zero-order valence-corrected chi connectivity index (χ0v) is 32.7. The summed E-state index contributed by atoms with van der Waals surface area (Å²) < 4.78 is 14.2. The molecule has 5 heteroatoms. The van der Waals surface area contributed by atoms with Crippen LogP contribution in [0.3, 0.4) is 0 Å². The molecule has 4 fully saturated rings. The van der Waals surface area contributed by atoms with Crippen LogP contribution >= 0.6 is 0 Å². The van der Waals surface area contributed by atoms with Gasteiger partial charge in [-0.25, -0.2) is 0 Å². The number of allylic oxidation sites excluding steroid dienone is 4. The van der Waals surface area contributed by atoms with E-state index in [1.54, 1.807) is 5.57 Å². The first-order valence-electron chi connectivity index (χ1n) is 18.0. The Morgan fingerprint density at radius 2 is 1.52 bits per heavy atom. The first-order valence-corrected chi connectivity index (χ1v) is 23.8. The molecule has 0 bridgehead atoms. The summed E-state index contributed by atoms with van der Waals surface area (Å²) in [6.07, 6.45) is 19.9. The quantitative estimate of drug-likeness (QED) is 0.201.